The summed E-state index contributed by atoms with van der Waals surface area (Å²) in [4.78, 5) is 27.2. The molecule has 5 N–H and O–H groups in total. The first-order valence-electron chi connectivity index (χ1n) is 11.7. The molecule has 0 aliphatic carbocycles. The summed E-state index contributed by atoms with van der Waals surface area (Å²) in [6.45, 7) is 2.38. The van der Waals surface area contributed by atoms with Gasteiger partial charge in [-0.3, -0.25) is 15.0 Å². The van der Waals surface area contributed by atoms with E-state index in [1.807, 2.05) is 24.3 Å². The Kier molecular flexibility index (Phi) is 9.44. The molecule has 10 nitrogen and oxygen atoms in total. The standard InChI is InChI=1S/C27H28N8O2/c1-2-3-5-19-10-14-24(15-11-19)35(27(37)31-23-7-4-6-21(16-23)17-28)18-20-8-12-22(13-9-20)25(36)32-26(29)33-34-30/h4,6-16H,2-3,5,18H2,1H3,(H,31,37)(H4,29,30,32,33,36). The van der Waals surface area contributed by atoms with Crippen molar-refractivity contribution in [1.29, 1.82) is 10.8 Å². The summed E-state index contributed by atoms with van der Waals surface area (Å²) in [5.74, 6) is -0.777. The van der Waals surface area contributed by atoms with E-state index in [2.05, 4.69) is 34.0 Å². The molecule has 37 heavy (non-hydrogen) atoms. The number of benzene rings is 3. The van der Waals surface area contributed by atoms with Crippen molar-refractivity contribution in [2.45, 2.75) is 32.7 Å². The van der Waals surface area contributed by atoms with Crippen LogP contribution in [-0.4, -0.2) is 17.9 Å². The van der Waals surface area contributed by atoms with Crippen LogP contribution < -0.4 is 21.3 Å². The average Bonchev–Trinajstić information content (AvgIpc) is 2.91. The van der Waals surface area contributed by atoms with Crippen molar-refractivity contribution in [3.05, 3.63) is 95.1 Å². The lowest BCUT2D eigenvalue weighted by molar-refractivity contribution is 0.0976. The molecule has 0 aliphatic heterocycles. The number of hydrogen-bond donors (Lipinski definition) is 4. The Hall–Kier alpha value is -5.04. The van der Waals surface area contributed by atoms with Crippen LogP contribution >= 0.6 is 0 Å². The van der Waals surface area contributed by atoms with Crippen molar-refractivity contribution < 1.29 is 9.59 Å². The number of nitrogens with two attached hydrogens (primary N) is 1. The van der Waals surface area contributed by atoms with Gasteiger partial charge in [0.2, 0.25) is 5.96 Å². The molecular formula is C27H28N8O2. The van der Waals surface area contributed by atoms with Crippen molar-refractivity contribution >= 4 is 29.3 Å². The predicted octanol–water partition coefficient (Wildman–Crippen LogP) is 5.13. The number of amides is 3. The fourth-order valence-electron chi connectivity index (χ4n) is 3.57. The SMILES string of the molecule is CCCCc1ccc(N(Cc2ccc(C(=O)NC(N)=NN=N)cc2)C(=O)Nc2cccc(C#N)c2)cc1. The van der Waals surface area contributed by atoms with Gasteiger partial charge in [0.1, 0.15) is 0 Å². The second-order valence-corrected chi connectivity index (χ2v) is 8.22. The minimum Gasteiger partial charge on any atom is -0.368 e. The Bertz CT molecular complexity index is 1310. The van der Waals surface area contributed by atoms with E-state index < -0.39 is 5.91 Å². The lowest BCUT2D eigenvalue weighted by atomic mass is 10.1. The van der Waals surface area contributed by atoms with Crippen molar-refractivity contribution in [3.63, 3.8) is 0 Å². The summed E-state index contributed by atoms with van der Waals surface area (Å²) in [5.41, 5.74) is 16.1. The Morgan fingerprint density at radius 1 is 1.05 bits per heavy atom. The van der Waals surface area contributed by atoms with Gasteiger partial charge in [-0.05, 0) is 71.7 Å². The highest BCUT2D eigenvalue weighted by Gasteiger charge is 2.18. The summed E-state index contributed by atoms with van der Waals surface area (Å²) >= 11 is 0. The van der Waals surface area contributed by atoms with E-state index in [-0.39, 0.29) is 18.5 Å². The van der Waals surface area contributed by atoms with Gasteiger partial charge in [-0.2, -0.15) is 10.8 Å². The van der Waals surface area contributed by atoms with Gasteiger partial charge in [0.25, 0.3) is 5.91 Å². The molecule has 0 aliphatic rings. The number of rotatable bonds is 9. The molecule has 3 rings (SSSR count). The third-order valence-corrected chi connectivity index (χ3v) is 5.51. The lowest BCUT2D eigenvalue weighted by Crippen LogP contribution is -2.36. The number of guanidine groups is 1. The third kappa shape index (κ3) is 7.73. The van der Waals surface area contributed by atoms with Crippen LogP contribution in [-0.2, 0) is 13.0 Å². The quantitative estimate of drug-likeness (QED) is 0.140. The maximum Gasteiger partial charge on any atom is 0.326 e. The number of nitriles is 1. The maximum atomic E-state index is 13.3. The second kappa shape index (κ2) is 13.2. The first-order chi connectivity index (χ1) is 17.9. The van der Waals surface area contributed by atoms with Crippen molar-refractivity contribution in [2.75, 3.05) is 10.2 Å². The molecule has 0 fully saturated rings. The molecule has 0 spiro atoms. The number of urea groups is 1. The zero-order chi connectivity index (χ0) is 26.6. The summed E-state index contributed by atoms with van der Waals surface area (Å²) in [7, 11) is 0. The van der Waals surface area contributed by atoms with E-state index in [4.69, 9.17) is 11.3 Å². The molecule has 0 aromatic heterocycles. The van der Waals surface area contributed by atoms with Crippen LogP contribution in [0.5, 0.6) is 0 Å². The molecule has 0 heterocycles. The van der Waals surface area contributed by atoms with Crippen LogP contribution in [0.3, 0.4) is 0 Å². The molecule has 0 bridgehead atoms. The Morgan fingerprint density at radius 3 is 2.41 bits per heavy atom. The number of unbranched alkanes of at least 4 members (excludes halogenated alkanes) is 1. The highest BCUT2D eigenvalue weighted by Crippen LogP contribution is 2.22. The molecule has 0 saturated heterocycles. The Balaban J connectivity index is 1.82. The van der Waals surface area contributed by atoms with Crippen LogP contribution in [0.4, 0.5) is 16.2 Å². The van der Waals surface area contributed by atoms with Crippen LogP contribution in [0, 0.1) is 16.9 Å². The largest absolute Gasteiger partial charge is 0.368 e. The van der Waals surface area contributed by atoms with E-state index >= 15 is 0 Å². The Labute approximate surface area is 215 Å². The van der Waals surface area contributed by atoms with Gasteiger partial charge in [-0.25, -0.2) is 4.79 Å². The average molecular weight is 497 g/mol. The smallest absolute Gasteiger partial charge is 0.326 e. The summed E-state index contributed by atoms with van der Waals surface area (Å²) in [5, 5.41) is 20.4. The van der Waals surface area contributed by atoms with Crippen molar-refractivity contribution in [3.8, 4) is 6.07 Å². The minimum atomic E-state index is -0.494. The molecule has 188 valence electrons. The number of hydrogen-bond acceptors (Lipinski definition) is 5. The number of aryl methyl sites for hydroxylation is 1. The van der Waals surface area contributed by atoms with Gasteiger partial charge in [-0.15, -0.1) is 0 Å². The predicted molar refractivity (Wildman–Crippen MR) is 142 cm³/mol. The van der Waals surface area contributed by atoms with Gasteiger partial charge < -0.3 is 11.1 Å². The first-order valence-corrected chi connectivity index (χ1v) is 11.7. The van der Waals surface area contributed by atoms with Crippen LogP contribution in [0.25, 0.3) is 0 Å². The molecule has 0 atom stereocenters. The zero-order valence-corrected chi connectivity index (χ0v) is 20.4. The van der Waals surface area contributed by atoms with Crippen molar-refractivity contribution in [1.82, 2.24) is 5.32 Å². The van der Waals surface area contributed by atoms with Gasteiger partial charge in [-0.1, -0.05) is 48.8 Å². The maximum absolute atomic E-state index is 13.3. The highest BCUT2D eigenvalue weighted by atomic mass is 16.2. The van der Waals surface area contributed by atoms with Crippen LogP contribution in [0.15, 0.2) is 83.1 Å². The molecule has 3 aromatic carbocycles. The summed E-state index contributed by atoms with van der Waals surface area (Å²) in [6.07, 6.45) is 3.16. The molecule has 0 unspecified atom stereocenters. The van der Waals surface area contributed by atoms with Gasteiger partial charge in [0.15, 0.2) is 0 Å². The van der Waals surface area contributed by atoms with Crippen LogP contribution in [0.2, 0.25) is 0 Å². The van der Waals surface area contributed by atoms with Crippen molar-refractivity contribution in [2.24, 2.45) is 16.1 Å². The monoisotopic (exact) mass is 496 g/mol. The third-order valence-electron chi connectivity index (χ3n) is 5.51. The van der Waals surface area contributed by atoms with E-state index in [1.54, 1.807) is 53.4 Å². The number of nitrogens with zero attached hydrogens (tertiary/aromatic N) is 4. The first kappa shape index (κ1) is 26.6. The molecular weight excluding hydrogens is 468 g/mol. The Morgan fingerprint density at radius 2 is 1.76 bits per heavy atom. The van der Waals surface area contributed by atoms with E-state index in [1.165, 1.54) is 5.56 Å². The minimum absolute atomic E-state index is 0.237. The topological polar surface area (TPSA) is 160 Å². The normalized spacial score (nSPS) is 10.8. The lowest BCUT2D eigenvalue weighted by Gasteiger charge is -2.24. The number of nitrogens with one attached hydrogen (secondary N) is 3. The van der Waals surface area contributed by atoms with E-state index in [0.29, 0.717) is 22.5 Å². The van der Waals surface area contributed by atoms with E-state index in [0.717, 1.165) is 24.8 Å². The zero-order valence-electron chi connectivity index (χ0n) is 20.4. The molecule has 3 aromatic rings. The molecule has 0 saturated carbocycles. The second-order valence-electron chi connectivity index (χ2n) is 8.22. The number of carbonyl (C=O) groups is 2. The fourth-order valence-corrected chi connectivity index (χ4v) is 3.57. The number of carbonyl (C=O) groups excluding carboxylic acids is 2. The molecule has 3 amide bonds. The number of anilines is 2. The van der Waals surface area contributed by atoms with E-state index in [9.17, 15) is 14.9 Å². The van der Waals surface area contributed by atoms with Crippen LogP contribution in [0.1, 0.15) is 46.8 Å². The molecule has 10 heteroatoms. The van der Waals surface area contributed by atoms with Gasteiger partial charge in [0, 0.05) is 16.9 Å². The highest BCUT2D eigenvalue weighted by molar-refractivity contribution is 6.05. The summed E-state index contributed by atoms with van der Waals surface area (Å²) in [6, 6.07) is 23.0. The van der Waals surface area contributed by atoms with Gasteiger partial charge >= 0.3 is 6.03 Å². The molecule has 0 radical (unpaired) electrons. The van der Waals surface area contributed by atoms with Gasteiger partial charge in [0.05, 0.1) is 18.2 Å². The summed E-state index contributed by atoms with van der Waals surface area (Å²) < 4.78 is 0. The fraction of sp³-hybridized carbons (Fsp3) is 0.185.